The summed E-state index contributed by atoms with van der Waals surface area (Å²) in [5.41, 5.74) is 2.85. The summed E-state index contributed by atoms with van der Waals surface area (Å²) in [6, 6.07) is 19.7. The van der Waals surface area contributed by atoms with E-state index in [1.54, 1.807) is 19.5 Å². The fourth-order valence-electron chi connectivity index (χ4n) is 4.56. The molecule has 1 heterocycles. The number of esters is 1. The molecule has 166 valence electrons. The van der Waals surface area contributed by atoms with Crippen LogP contribution >= 0.6 is 0 Å². The zero-order valence-electron chi connectivity index (χ0n) is 18.6. The van der Waals surface area contributed by atoms with Crippen LogP contribution in [-0.2, 0) is 9.53 Å². The number of hydrogen-bond acceptors (Lipinski definition) is 5. The van der Waals surface area contributed by atoms with E-state index < -0.39 is 5.92 Å². The van der Waals surface area contributed by atoms with Gasteiger partial charge < -0.3 is 14.2 Å². The summed E-state index contributed by atoms with van der Waals surface area (Å²) in [6.45, 7) is 0. The first kappa shape index (κ1) is 21.9. The van der Waals surface area contributed by atoms with Crippen molar-refractivity contribution in [2.75, 3.05) is 14.2 Å². The number of aromatic nitrogens is 1. The summed E-state index contributed by atoms with van der Waals surface area (Å²) in [7, 11) is 3.08. The highest BCUT2D eigenvalue weighted by Crippen LogP contribution is 2.42. The van der Waals surface area contributed by atoms with Gasteiger partial charge >= 0.3 is 5.97 Å². The Labute approximate surface area is 189 Å². The third kappa shape index (κ3) is 4.77. The Morgan fingerprint density at radius 3 is 2.25 bits per heavy atom. The third-order valence-electron chi connectivity index (χ3n) is 6.15. The molecule has 3 aromatic rings. The van der Waals surface area contributed by atoms with Crippen molar-refractivity contribution in [3.05, 3.63) is 89.7 Å². The Balaban J connectivity index is 1.82. The maximum Gasteiger partial charge on any atom is 0.314 e. The van der Waals surface area contributed by atoms with Crippen molar-refractivity contribution in [2.45, 2.75) is 43.6 Å². The normalized spacial score (nSPS) is 15.7. The molecule has 4 rings (SSSR count). The minimum atomic E-state index is -0.530. The maximum atomic E-state index is 13.1. The molecule has 0 N–H and O–H groups in total. The molecule has 0 bridgehead atoms. The predicted molar refractivity (Wildman–Crippen MR) is 123 cm³/mol. The highest BCUT2D eigenvalue weighted by molar-refractivity contribution is 5.80. The first-order valence-corrected chi connectivity index (χ1v) is 11.1. The molecule has 1 aromatic heterocycles. The summed E-state index contributed by atoms with van der Waals surface area (Å²) in [4.78, 5) is 17.2. The van der Waals surface area contributed by atoms with E-state index in [4.69, 9.17) is 14.2 Å². The third-order valence-corrected chi connectivity index (χ3v) is 6.15. The molecular formula is C27H29NO4. The largest absolute Gasteiger partial charge is 0.493 e. The highest BCUT2D eigenvalue weighted by atomic mass is 16.5. The lowest BCUT2D eigenvalue weighted by atomic mass is 9.77. The quantitative estimate of drug-likeness (QED) is 0.441. The van der Waals surface area contributed by atoms with E-state index in [1.807, 2.05) is 60.7 Å². The van der Waals surface area contributed by atoms with Crippen molar-refractivity contribution >= 4 is 5.97 Å². The van der Waals surface area contributed by atoms with E-state index in [9.17, 15) is 4.79 Å². The van der Waals surface area contributed by atoms with Crippen molar-refractivity contribution in [3.8, 4) is 11.5 Å². The topological polar surface area (TPSA) is 57.7 Å². The number of hydrogen-bond donors (Lipinski definition) is 0. The first-order valence-electron chi connectivity index (χ1n) is 11.1. The molecule has 1 unspecified atom stereocenters. The van der Waals surface area contributed by atoms with Crippen LogP contribution in [0.5, 0.6) is 11.5 Å². The Morgan fingerprint density at radius 2 is 1.59 bits per heavy atom. The molecule has 1 aliphatic carbocycles. The van der Waals surface area contributed by atoms with Crippen LogP contribution in [0.25, 0.3) is 0 Å². The van der Waals surface area contributed by atoms with Gasteiger partial charge in [0, 0.05) is 18.3 Å². The Hall–Kier alpha value is -3.34. The average Bonchev–Trinajstić information content (AvgIpc) is 3.36. The monoisotopic (exact) mass is 431 g/mol. The number of rotatable bonds is 8. The van der Waals surface area contributed by atoms with E-state index in [0.717, 1.165) is 35.3 Å². The first-order chi connectivity index (χ1) is 15.7. The summed E-state index contributed by atoms with van der Waals surface area (Å²) < 4.78 is 17.2. The van der Waals surface area contributed by atoms with E-state index in [2.05, 4.69) is 4.98 Å². The molecule has 0 aliphatic heterocycles. The summed E-state index contributed by atoms with van der Waals surface area (Å²) in [5, 5.41) is 0. The van der Waals surface area contributed by atoms with Gasteiger partial charge in [-0.2, -0.15) is 0 Å². The van der Waals surface area contributed by atoms with Crippen molar-refractivity contribution < 1.29 is 19.0 Å². The molecule has 1 fully saturated rings. The van der Waals surface area contributed by atoms with Gasteiger partial charge in [0.15, 0.2) is 11.5 Å². The minimum absolute atomic E-state index is 0.200. The molecular weight excluding hydrogens is 402 g/mol. The average molecular weight is 432 g/mol. The van der Waals surface area contributed by atoms with Gasteiger partial charge in [-0.3, -0.25) is 9.78 Å². The van der Waals surface area contributed by atoms with Crippen molar-refractivity contribution in [1.82, 2.24) is 4.98 Å². The zero-order valence-corrected chi connectivity index (χ0v) is 18.6. The Kier molecular flexibility index (Phi) is 7.05. The standard InChI is InChI=1S/C27H29NO4/c1-30-23-13-12-21(18-24(23)32-22-10-6-7-11-22)25(19-8-4-3-5-9-19)26(27(29)31-2)20-14-16-28-17-15-20/h3-5,8-9,12-18,22,25-26H,6-7,10-11H2,1-2H3/t25-,26?/m1/s1. The van der Waals surface area contributed by atoms with Crippen LogP contribution in [-0.4, -0.2) is 31.3 Å². The maximum absolute atomic E-state index is 13.1. The van der Waals surface area contributed by atoms with Crippen LogP contribution in [0, 0.1) is 0 Å². The second-order valence-electron chi connectivity index (χ2n) is 8.10. The van der Waals surface area contributed by atoms with Crippen LogP contribution in [0.15, 0.2) is 73.1 Å². The molecule has 0 saturated heterocycles. The van der Waals surface area contributed by atoms with E-state index in [1.165, 1.54) is 20.0 Å². The second kappa shape index (κ2) is 10.3. The number of benzene rings is 2. The smallest absolute Gasteiger partial charge is 0.314 e. The van der Waals surface area contributed by atoms with Gasteiger partial charge in [0.05, 0.1) is 26.2 Å². The molecule has 2 aromatic carbocycles. The Morgan fingerprint density at radius 1 is 0.875 bits per heavy atom. The SMILES string of the molecule is COC(=O)C(c1ccncc1)[C@H](c1ccccc1)c1ccc(OC)c(OC2CCCC2)c1. The lowest BCUT2D eigenvalue weighted by molar-refractivity contribution is -0.142. The molecule has 1 aliphatic rings. The lowest BCUT2D eigenvalue weighted by Crippen LogP contribution is -2.23. The Bertz CT molecular complexity index is 1020. The number of pyridine rings is 1. The number of carbonyl (C=O) groups excluding carboxylic acids is 1. The molecule has 5 heteroatoms. The van der Waals surface area contributed by atoms with Gasteiger partial charge in [0.1, 0.15) is 0 Å². The molecule has 32 heavy (non-hydrogen) atoms. The van der Waals surface area contributed by atoms with Crippen LogP contribution in [0.4, 0.5) is 0 Å². The molecule has 1 saturated carbocycles. The highest BCUT2D eigenvalue weighted by Gasteiger charge is 2.34. The van der Waals surface area contributed by atoms with Gasteiger partial charge in [-0.15, -0.1) is 0 Å². The number of methoxy groups -OCH3 is 2. The number of ether oxygens (including phenoxy) is 3. The molecule has 2 atom stereocenters. The summed E-state index contributed by atoms with van der Waals surface area (Å²) in [6.07, 6.45) is 8.09. The van der Waals surface area contributed by atoms with Gasteiger partial charge in [-0.05, 0) is 66.6 Å². The molecule has 0 spiro atoms. The van der Waals surface area contributed by atoms with Crippen molar-refractivity contribution in [3.63, 3.8) is 0 Å². The van der Waals surface area contributed by atoms with Crippen LogP contribution in [0.3, 0.4) is 0 Å². The van der Waals surface area contributed by atoms with Crippen molar-refractivity contribution in [1.29, 1.82) is 0 Å². The van der Waals surface area contributed by atoms with Crippen LogP contribution in [0.2, 0.25) is 0 Å². The number of carbonyl (C=O) groups is 1. The van der Waals surface area contributed by atoms with Gasteiger partial charge in [0.2, 0.25) is 0 Å². The molecule has 0 radical (unpaired) electrons. The minimum Gasteiger partial charge on any atom is -0.493 e. The zero-order chi connectivity index (χ0) is 22.3. The fourth-order valence-corrected chi connectivity index (χ4v) is 4.56. The second-order valence-corrected chi connectivity index (χ2v) is 8.10. The van der Waals surface area contributed by atoms with Gasteiger partial charge in [-0.1, -0.05) is 36.4 Å². The number of nitrogens with zero attached hydrogens (tertiary/aromatic N) is 1. The van der Waals surface area contributed by atoms with Gasteiger partial charge in [0.25, 0.3) is 0 Å². The van der Waals surface area contributed by atoms with Crippen LogP contribution in [0.1, 0.15) is 54.2 Å². The van der Waals surface area contributed by atoms with E-state index in [-0.39, 0.29) is 18.0 Å². The summed E-state index contributed by atoms with van der Waals surface area (Å²) >= 11 is 0. The fraction of sp³-hybridized carbons (Fsp3) is 0.333. The summed E-state index contributed by atoms with van der Waals surface area (Å²) in [5.74, 6) is 0.335. The molecule has 5 nitrogen and oxygen atoms in total. The molecule has 0 amide bonds. The van der Waals surface area contributed by atoms with Crippen molar-refractivity contribution in [2.24, 2.45) is 0 Å². The van der Waals surface area contributed by atoms with Gasteiger partial charge in [-0.25, -0.2) is 0 Å². The van der Waals surface area contributed by atoms with E-state index in [0.29, 0.717) is 5.75 Å². The van der Waals surface area contributed by atoms with E-state index >= 15 is 0 Å². The predicted octanol–water partition coefficient (Wildman–Crippen LogP) is 5.50. The lowest BCUT2D eigenvalue weighted by Gasteiger charge is -2.27. The van der Waals surface area contributed by atoms with Crippen LogP contribution < -0.4 is 9.47 Å².